The fourth-order valence-electron chi connectivity index (χ4n) is 2.21. The van der Waals surface area contributed by atoms with Crippen LogP contribution in [0.25, 0.3) is 0 Å². The summed E-state index contributed by atoms with van der Waals surface area (Å²) in [4.78, 5) is 23.2. The molecule has 6 heteroatoms. The van der Waals surface area contributed by atoms with Crippen LogP contribution in [0.15, 0.2) is 49.6 Å². The van der Waals surface area contributed by atoms with Gasteiger partial charge >= 0.3 is 11.9 Å². The van der Waals surface area contributed by atoms with Crippen LogP contribution in [-0.2, 0) is 28.5 Å². The summed E-state index contributed by atoms with van der Waals surface area (Å²) >= 11 is 0. The minimum absolute atomic E-state index is 0.00363. The SMILES string of the molecule is C=CCCCC=CCOCCOC(=O)CCC(=O)OCCOCC=CCCCC=C. The molecule has 0 radical (unpaired) electrons. The molecule has 0 aromatic rings. The summed E-state index contributed by atoms with van der Waals surface area (Å²) in [5.41, 5.74) is 0. The summed E-state index contributed by atoms with van der Waals surface area (Å²) in [5.74, 6) is -0.873. The van der Waals surface area contributed by atoms with E-state index in [1.54, 1.807) is 0 Å². The highest BCUT2D eigenvalue weighted by atomic mass is 16.6. The average molecular weight is 423 g/mol. The van der Waals surface area contributed by atoms with Gasteiger partial charge in [0.1, 0.15) is 13.2 Å². The van der Waals surface area contributed by atoms with Gasteiger partial charge in [0.05, 0.1) is 39.3 Å². The van der Waals surface area contributed by atoms with Crippen molar-refractivity contribution < 1.29 is 28.5 Å². The highest BCUT2D eigenvalue weighted by molar-refractivity contribution is 5.77. The van der Waals surface area contributed by atoms with Gasteiger partial charge in [0.2, 0.25) is 0 Å². The van der Waals surface area contributed by atoms with Gasteiger partial charge < -0.3 is 18.9 Å². The molecule has 0 aliphatic rings. The van der Waals surface area contributed by atoms with Crippen LogP contribution in [0, 0.1) is 0 Å². The smallest absolute Gasteiger partial charge is 0.306 e. The molecule has 0 amide bonds. The maximum atomic E-state index is 11.6. The van der Waals surface area contributed by atoms with Crippen molar-refractivity contribution in [1.82, 2.24) is 0 Å². The van der Waals surface area contributed by atoms with Crippen LogP contribution >= 0.6 is 0 Å². The van der Waals surface area contributed by atoms with Crippen molar-refractivity contribution in [2.45, 2.75) is 51.4 Å². The Kier molecular flexibility index (Phi) is 21.4. The van der Waals surface area contributed by atoms with Gasteiger partial charge in [-0.1, -0.05) is 36.5 Å². The minimum atomic E-state index is -0.437. The third-order valence-corrected chi connectivity index (χ3v) is 3.83. The van der Waals surface area contributed by atoms with E-state index in [0.29, 0.717) is 26.4 Å². The molecule has 0 N–H and O–H groups in total. The van der Waals surface area contributed by atoms with E-state index in [-0.39, 0.29) is 26.1 Å². The summed E-state index contributed by atoms with van der Waals surface area (Å²) in [6, 6.07) is 0. The number of rotatable bonds is 21. The summed E-state index contributed by atoms with van der Waals surface area (Å²) in [6.07, 6.45) is 18.0. The fraction of sp³-hybridized carbons (Fsp3) is 0.583. The first kappa shape index (κ1) is 27.8. The van der Waals surface area contributed by atoms with E-state index >= 15 is 0 Å². The number of hydrogen-bond donors (Lipinski definition) is 0. The molecule has 0 unspecified atom stereocenters. The lowest BCUT2D eigenvalue weighted by molar-refractivity contribution is -0.151. The van der Waals surface area contributed by atoms with Crippen LogP contribution in [-0.4, -0.2) is 51.6 Å². The zero-order valence-electron chi connectivity index (χ0n) is 18.2. The van der Waals surface area contributed by atoms with Crippen LogP contribution in [0.5, 0.6) is 0 Å². The highest BCUT2D eigenvalue weighted by Gasteiger charge is 2.09. The number of hydrogen-bond acceptors (Lipinski definition) is 6. The molecule has 0 aliphatic carbocycles. The van der Waals surface area contributed by atoms with Crippen molar-refractivity contribution in [2.24, 2.45) is 0 Å². The van der Waals surface area contributed by atoms with Gasteiger partial charge in [0.15, 0.2) is 0 Å². The normalized spacial score (nSPS) is 11.1. The predicted molar refractivity (Wildman–Crippen MR) is 119 cm³/mol. The maximum Gasteiger partial charge on any atom is 0.306 e. The van der Waals surface area contributed by atoms with E-state index in [2.05, 4.69) is 25.3 Å². The molecule has 0 saturated carbocycles. The Hall–Kier alpha value is -2.18. The zero-order valence-corrected chi connectivity index (χ0v) is 18.2. The van der Waals surface area contributed by atoms with E-state index in [9.17, 15) is 9.59 Å². The van der Waals surface area contributed by atoms with Crippen molar-refractivity contribution in [3.8, 4) is 0 Å². The monoisotopic (exact) mass is 422 g/mol. The Morgan fingerprint density at radius 3 is 1.43 bits per heavy atom. The fourth-order valence-corrected chi connectivity index (χ4v) is 2.21. The maximum absolute atomic E-state index is 11.6. The van der Waals surface area contributed by atoms with Crippen LogP contribution in [0.3, 0.4) is 0 Å². The molecule has 30 heavy (non-hydrogen) atoms. The zero-order chi connectivity index (χ0) is 22.1. The first-order valence-electron chi connectivity index (χ1n) is 10.7. The van der Waals surface area contributed by atoms with E-state index in [0.717, 1.165) is 38.5 Å². The first-order valence-corrected chi connectivity index (χ1v) is 10.7. The van der Waals surface area contributed by atoms with Crippen molar-refractivity contribution >= 4 is 11.9 Å². The van der Waals surface area contributed by atoms with Gasteiger partial charge in [-0.3, -0.25) is 9.59 Å². The standard InChI is InChI=1S/C24H38O6/c1-3-5-7-9-11-13-17-27-19-21-29-23(25)15-16-24(26)30-22-20-28-18-14-12-10-8-6-4-2/h3-4,11-14H,1-2,5-10,15-22H2. The third kappa shape index (κ3) is 22.1. The minimum Gasteiger partial charge on any atom is -0.463 e. The second-order valence-electron chi connectivity index (χ2n) is 6.47. The largest absolute Gasteiger partial charge is 0.463 e. The molecule has 0 bridgehead atoms. The molecule has 0 aromatic heterocycles. The topological polar surface area (TPSA) is 71.1 Å². The van der Waals surface area contributed by atoms with Gasteiger partial charge in [-0.15, -0.1) is 13.2 Å². The van der Waals surface area contributed by atoms with E-state index in [1.807, 2.05) is 24.3 Å². The third-order valence-electron chi connectivity index (χ3n) is 3.83. The number of carbonyl (C=O) groups is 2. The Labute approximate surface area is 181 Å². The molecule has 0 spiro atoms. The first-order chi connectivity index (χ1) is 14.7. The Balaban J connectivity index is 3.44. The Morgan fingerprint density at radius 2 is 1.03 bits per heavy atom. The molecular formula is C24H38O6. The lowest BCUT2D eigenvalue weighted by atomic mass is 10.2. The summed E-state index contributed by atoms with van der Waals surface area (Å²) in [7, 11) is 0. The van der Waals surface area contributed by atoms with Crippen LogP contribution < -0.4 is 0 Å². The van der Waals surface area contributed by atoms with Crippen LogP contribution in [0.2, 0.25) is 0 Å². The van der Waals surface area contributed by atoms with Gasteiger partial charge in [-0.05, 0) is 38.5 Å². The predicted octanol–water partition coefficient (Wildman–Crippen LogP) is 4.71. The van der Waals surface area contributed by atoms with Crippen molar-refractivity contribution in [1.29, 1.82) is 0 Å². The number of esters is 2. The van der Waals surface area contributed by atoms with Crippen molar-refractivity contribution in [2.75, 3.05) is 39.6 Å². The van der Waals surface area contributed by atoms with E-state index < -0.39 is 11.9 Å². The lowest BCUT2D eigenvalue weighted by Gasteiger charge is -2.06. The molecule has 0 aliphatic heterocycles. The van der Waals surface area contributed by atoms with Crippen molar-refractivity contribution in [3.63, 3.8) is 0 Å². The summed E-state index contributed by atoms with van der Waals surface area (Å²) in [6.45, 7) is 9.33. The average Bonchev–Trinajstić information content (AvgIpc) is 2.75. The summed E-state index contributed by atoms with van der Waals surface area (Å²) in [5, 5.41) is 0. The Morgan fingerprint density at radius 1 is 0.600 bits per heavy atom. The number of ether oxygens (including phenoxy) is 4. The quantitative estimate of drug-likeness (QED) is 0.152. The van der Waals surface area contributed by atoms with E-state index in [1.165, 1.54) is 0 Å². The van der Waals surface area contributed by atoms with Crippen LogP contribution in [0.1, 0.15) is 51.4 Å². The highest BCUT2D eigenvalue weighted by Crippen LogP contribution is 1.99. The summed E-state index contributed by atoms with van der Waals surface area (Å²) < 4.78 is 20.7. The number of carbonyl (C=O) groups excluding carboxylic acids is 2. The molecule has 170 valence electrons. The van der Waals surface area contributed by atoms with Crippen molar-refractivity contribution in [3.05, 3.63) is 49.6 Å². The van der Waals surface area contributed by atoms with Gasteiger partial charge in [-0.2, -0.15) is 0 Å². The molecule has 0 rings (SSSR count). The van der Waals surface area contributed by atoms with Gasteiger partial charge in [0, 0.05) is 0 Å². The number of unbranched alkanes of at least 4 members (excludes halogenated alkanes) is 4. The molecule has 0 aromatic carbocycles. The molecular weight excluding hydrogens is 384 g/mol. The second-order valence-corrected chi connectivity index (χ2v) is 6.47. The molecule has 0 fully saturated rings. The van der Waals surface area contributed by atoms with Crippen LogP contribution in [0.4, 0.5) is 0 Å². The molecule has 6 nitrogen and oxygen atoms in total. The lowest BCUT2D eigenvalue weighted by Crippen LogP contribution is -2.15. The van der Waals surface area contributed by atoms with Gasteiger partial charge in [0.25, 0.3) is 0 Å². The number of allylic oxidation sites excluding steroid dienone is 4. The Bertz CT molecular complexity index is 464. The van der Waals surface area contributed by atoms with Gasteiger partial charge in [-0.25, -0.2) is 0 Å². The van der Waals surface area contributed by atoms with E-state index in [4.69, 9.17) is 18.9 Å². The second kappa shape index (κ2) is 23.1. The molecule has 0 atom stereocenters. The molecule has 0 saturated heterocycles. The molecule has 0 heterocycles.